The van der Waals surface area contributed by atoms with Crippen molar-refractivity contribution in [1.82, 2.24) is 19.9 Å². The molecule has 1 aliphatic heterocycles. The number of rotatable bonds is 5. The SMILES string of the molecule is C=C(C)c1cnc(NC)c2cnc(Nc3ccnc(N4CCC(O)C(C)(F)C4)n3)cc12. The Balaban J connectivity index is 1.63. The predicted molar refractivity (Wildman–Crippen MR) is 121 cm³/mol. The number of hydrogen-bond acceptors (Lipinski definition) is 8. The maximum atomic E-state index is 14.6. The molecule has 1 saturated heterocycles. The average molecular weight is 423 g/mol. The van der Waals surface area contributed by atoms with Crippen LogP contribution in [0.5, 0.6) is 0 Å². The first-order valence-corrected chi connectivity index (χ1v) is 10.1. The van der Waals surface area contributed by atoms with Gasteiger partial charge in [-0.25, -0.2) is 19.3 Å². The van der Waals surface area contributed by atoms with Gasteiger partial charge in [-0.05, 0) is 43.4 Å². The molecule has 9 heteroatoms. The smallest absolute Gasteiger partial charge is 0.227 e. The van der Waals surface area contributed by atoms with Crippen LogP contribution in [0.25, 0.3) is 16.3 Å². The van der Waals surface area contributed by atoms with Gasteiger partial charge in [0.2, 0.25) is 5.95 Å². The number of aliphatic hydroxyl groups excluding tert-OH is 1. The van der Waals surface area contributed by atoms with Gasteiger partial charge < -0.3 is 20.6 Å². The van der Waals surface area contributed by atoms with E-state index < -0.39 is 11.8 Å². The third kappa shape index (κ3) is 4.13. The Morgan fingerprint density at radius 1 is 1.26 bits per heavy atom. The van der Waals surface area contributed by atoms with Crippen LogP contribution in [0.4, 0.5) is 27.8 Å². The number of allylic oxidation sites excluding steroid dienone is 1. The van der Waals surface area contributed by atoms with Crippen LogP contribution in [0.2, 0.25) is 0 Å². The first-order chi connectivity index (χ1) is 14.8. The van der Waals surface area contributed by atoms with Gasteiger partial charge in [0, 0.05) is 43.1 Å². The number of hydrogen-bond donors (Lipinski definition) is 3. The van der Waals surface area contributed by atoms with Gasteiger partial charge >= 0.3 is 0 Å². The van der Waals surface area contributed by atoms with Crippen LogP contribution < -0.4 is 15.5 Å². The van der Waals surface area contributed by atoms with Gasteiger partial charge in [0.05, 0.1) is 12.6 Å². The van der Waals surface area contributed by atoms with Crippen LogP contribution >= 0.6 is 0 Å². The van der Waals surface area contributed by atoms with E-state index in [-0.39, 0.29) is 6.54 Å². The van der Waals surface area contributed by atoms with Gasteiger partial charge in [0.15, 0.2) is 5.67 Å². The summed E-state index contributed by atoms with van der Waals surface area (Å²) in [5.74, 6) is 2.30. The summed E-state index contributed by atoms with van der Waals surface area (Å²) in [5.41, 5.74) is 0.142. The van der Waals surface area contributed by atoms with Crippen molar-refractivity contribution in [2.45, 2.75) is 32.0 Å². The molecule has 2 unspecified atom stereocenters. The second-order valence-corrected chi connectivity index (χ2v) is 8.04. The Morgan fingerprint density at radius 2 is 2.06 bits per heavy atom. The fourth-order valence-corrected chi connectivity index (χ4v) is 3.75. The Kier molecular flexibility index (Phi) is 5.45. The number of aliphatic hydroxyl groups is 1. The van der Waals surface area contributed by atoms with Gasteiger partial charge in [0.25, 0.3) is 0 Å². The van der Waals surface area contributed by atoms with Crippen molar-refractivity contribution in [1.29, 1.82) is 0 Å². The van der Waals surface area contributed by atoms with Gasteiger partial charge in [-0.15, -0.1) is 0 Å². The highest BCUT2D eigenvalue weighted by Gasteiger charge is 2.39. The molecule has 0 spiro atoms. The molecule has 31 heavy (non-hydrogen) atoms. The van der Waals surface area contributed by atoms with Crippen LogP contribution in [-0.4, -0.2) is 57.0 Å². The van der Waals surface area contributed by atoms with E-state index in [2.05, 4.69) is 37.1 Å². The molecule has 3 aromatic rings. The Bertz CT molecular complexity index is 1130. The van der Waals surface area contributed by atoms with Crippen molar-refractivity contribution in [2.75, 3.05) is 35.7 Å². The lowest BCUT2D eigenvalue weighted by Crippen LogP contribution is -2.52. The number of fused-ring (bicyclic) bond motifs is 1. The summed E-state index contributed by atoms with van der Waals surface area (Å²) < 4.78 is 14.6. The fourth-order valence-electron chi connectivity index (χ4n) is 3.75. The minimum atomic E-state index is -1.71. The van der Waals surface area contributed by atoms with Crippen molar-refractivity contribution in [3.8, 4) is 0 Å². The summed E-state index contributed by atoms with van der Waals surface area (Å²) in [6, 6.07) is 3.66. The van der Waals surface area contributed by atoms with Gasteiger partial charge in [-0.2, -0.15) is 4.98 Å². The second-order valence-electron chi connectivity index (χ2n) is 8.04. The number of alkyl halides is 1. The highest BCUT2D eigenvalue weighted by atomic mass is 19.1. The van der Waals surface area contributed by atoms with Crippen LogP contribution in [0.1, 0.15) is 25.8 Å². The summed E-state index contributed by atoms with van der Waals surface area (Å²) in [6.45, 7) is 7.91. The highest BCUT2D eigenvalue weighted by Crippen LogP contribution is 2.31. The van der Waals surface area contributed by atoms with Crippen molar-refractivity contribution in [3.63, 3.8) is 0 Å². The zero-order valence-electron chi connectivity index (χ0n) is 17.9. The maximum absolute atomic E-state index is 14.6. The van der Waals surface area contributed by atoms with E-state index >= 15 is 0 Å². The van der Waals surface area contributed by atoms with Gasteiger partial charge in [-0.3, -0.25) is 0 Å². The summed E-state index contributed by atoms with van der Waals surface area (Å²) in [7, 11) is 1.82. The Hall–Kier alpha value is -3.33. The third-order valence-corrected chi connectivity index (χ3v) is 5.52. The first kappa shape index (κ1) is 20.9. The molecule has 1 fully saturated rings. The second kappa shape index (κ2) is 8.07. The molecule has 1 aliphatic rings. The van der Waals surface area contributed by atoms with E-state index in [1.54, 1.807) is 29.6 Å². The quantitative estimate of drug-likeness (QED) is 0.573. The number of nitrogens with one attached hydrogen (secondary N) is 2. The van der Waals surface area contributed by atoms with E-state index in [0.717, 1.165) is 27.7 Å². The summed E-state index contributed by atoms with van der Waals surface area (Å²) >= 11 is 0. The fraction of sp³-hybridized carbons (Fsp3) is 0.364. The highest BCUT2D eigenvalue weighted by molar-refractivity contribution is 5.99. The monoisotopic (exact) mass is 423 g/mol. The minimum Gasteiger partial charge on any atom is -0.390 e. The predicted octanol–water partition coefficient (Wildman–Crippen LogP) is 3.54. The van der Waals surface area contributed by atoms with E-state index in [0.29, 0.717) is 30.5 Å². The lowest BCUT2D eigenvalue weighted by Gasteiger charge is -2.38. The number of aromatic nitrogens is 4. The molecule has 0 radical (unpaired) electrons. The van der Waals surface area contributed by atoms with Crippen LogP contribution in [0, 0.1) is 0 Å². The Labute approximate surface area is 180 Å². The lowest BCUT2D eigenvalue weighted by atomic mass is 9.94. The molecule has 4 rings (SSSR count). The molecule has 3 N–H and O–H groups in total. The van der Waals surface area contributed by atoms with Gasteiger partial charge in [-0.1, -0.05) is 6.58 Å². The summed E-state index contributed by atoms with van der Waals surface area (Å²) in [6.07, 6.45) is 4.51. The topological polar surface area (TPSA) is 99.1 Å². The normalized spacial score (nSPS) is 21.2. The van der Waals surface area contributed by atoms with Gasteiger partial charge in [0.1, 0.15) is 17.5 Å². The molecule has 2 atom stereocenters. The minimum absolute atomic E-state index is 0.0353. The molecule has 0 amide bonds. The van der Waals surface area contributed by atoms with Crippen molar-refractivity contribution in [2.24, 2.45) is 0 Å². The van der Waals surface area contributed by atoms with E-state index in [9.17, 15) is 9.50 Å². The van der Waals surface area contributed by atoms with E-state index in [4.69, 9.17) is 0 Å². The van der Waals surface area contributed by atoms with Crippen LogP contribution in [0.3, 0.4) is 0 Å². The molecule has 0 saturated carbocycles. The van der Waals surface area contributed by atoms with Crippen LogP contribution in [0.15, 0.2) is 37.3 Å². The van der Waals surface area contributed by atoms with E-state index in [1.165, 1.54) is 6.92 Å². The maximum Gasteiger partial charge on any atom is 0.227 e. The molecular formula is C22H26FN7O. The average Bonchev–Trinajstić information content (AvgIpc) is 2.74. The number of piperidine rings is 1. The van der Waals surface area contributed by atoms with E-state index in [1.807, 2.05) is 20.0 Å². The molecule has 3 aromatic heterocycles. The molecule has 8 nitrogen and oxygen atoms in total. The molecule has 0 aromatic carbocycles. The third-order valence-electron chi connectivity index (χ3n) is 5.52. The zero-order valence-corrected chi connectivity index (χ0v) is 17.9. The van der Waals surface area contributed by atoms with Crippen LogP contribution in [-0.2, 0) is 0 Å². The molecule has 0 bridgehead atoms. The van der Waals surface area contributed by atoms with Crippen molar-refractivity contribution in [3.05, 3.63) is 42.9 Å². The number of pyridine rings is 2. The molecular weight excluding hydrogens is 397 g/mol. The summed E-state index contributed by atoms with van der Waals surface area (Å²) in [4.78, 5) is 19.5. The molecule has 162 valence electrons. The number of nitrogens with zero attached hydrogens (tertiary/aromatic N) is 5. The standard InChI is InChI=1S/C22H26FN7O/c1-13(2)15-10-27-20(24-4)16-11-26-19(9-14(15)16)28-18-5-7-25-21(29-18)30-8-6-17(31)22(3,23)12-30/h5,7,9-11,17,31H,1,6,8,12H2,2-4H3,(H,24,27)(H,25,26,28,29). The van der Waals surface area contributed by atoms with Crippen molar-refractivity contribution >= 4 is 39.7 Å². The molecule has 0 aliphatic carbocycles. The first-order valence-electron chi connectivity index (χ1n) is 10.1. The largest absolute Gasteiger partial charge is 0.390 e. The lowest BCUT2D eigenvalue weighted by molar-refractivity contribution is -0.00860. The Morgan fingerprint density at radius 3 is 2.77 bits per heavy atom. The number of anilines is 4. The summed E-state index contributed by atoms with van der Waals surface area (Å²) in [5, 5.41) is 18.0. The number of halogens is 1. The zero-order chi connectivity index (χ0) is 22.2. The molecule has 4 heterocycles. The van der Waals surface area contributed by atoms with Crippen molar-refractivity contribution < 1.29 is 9.50 Å².